The number of halogens is 1. The van der Waals surface area contributed by atoms with Crippen molar-refractivity contribution in [3.63, 3.8) is 0 Å². The number of hydrogen-bond acceptors (Lipinski definition) is 4. The monoisotopic (exact) mass is 280 g/mol. The third-order valence-electron chi connectivity index (χ3n) is 3.01. The predicted octanol–water partition coefficient (Wildman–Crippen LogP) is 3.61. The average Bonchev–Trinajstić information content (AvgIpc) is 2.90. The summed E-state index contributed by atoms with van der Waals surface area (Å²) in [6, 6.07) is 5.58. The Balaban J connectivity index is 1.77. The predicted molar refractivity (Wildman–Crippen MR) is 73.4 cm³/mol. The second-order valence-corrected chi connectivity index (χ2v) is 6.24. The molecule has 0 saturated heterocycles. The van der Waals surface area contributed by atoms with Crippen molar-refractivity contribution in [3.8, 4) is 0 Å². The zero-order valence-corrected chi connectivity index (χ0v) is 11.4. The van der Waals surface area contributed by atoms with Gasteiger partial charge in [0.05, 0.1) is 0 Å². The summed E-state index contributed by atoms with van der Waals surface area (Å²) >= 11 is 3.26. The summed E-state index contributed by atoms with van der Waals surface area (Å²) in [5, 5.41) is 6.52. The summed E-state index contributed by atoms with van der Waals surface area (Å²) in [5.41, 5.74) is 1.09. The SMILES string of the molecule is Fc1cccc2c1SCCC2NCc1nccs1. The fraction of sp³-hybridized carbons (Fsp3) is 0.308. The van der Waals surface area contributed by atoms with Gasteiger partial charge in [0.15, 0.2) is 0 Å². The summed E-state index contributed by atoms with van der Waals surface area (Å²) in [7, 11) is 0. The van der Waals surface area contributed by atoms with E-state index >= 15 is 0 Å². The largest absolute Gasteiger partial charge is 0.303 e. The van der Waals surface area contributed by atoms with Crippen molar-refractivity contribution in [2.75, 3.05) is 5.75 Å². The molecule has 2 aromatic rings. The van der Waals surface area contributed by atoms with Gasteiger partial charge in [-0.05, 0) is 23.8 Å². The highest BCUT2D eigenvalue weighted by Gasteiger charge is 2.22. The molecule has 0 amide bonds. The number of thioether (sulfide) groups is 1. The number of hydrogen-bond donors (Lipinski definition) is 1. The van der Waals surface area contributed by atoms with Crippen molar-refractivity contribution in [2.45, 2.75) is 23.9 Å². The van der Waals surface area contributed by atoms with Crippen molar-refractivity contribution in [1.29, 1.82) is 0 Å². The van der Waals surface area contributed by atoms with Crippen molar-refractivity contribution in [1.82, 2.24) is 10.3 Å². The van der Waals surface area contributed by atoms with Gasteiger partial charge in [-0.15, -0.1) is 23.1 Å². The molecular formula is C13H13FN2S2. The minimum absolute atomic E-state index is 0.0988. The van der Waals surface area contributed by atoms with E-state index in [1.165, 1.54) is 6.07 Å². The van der Waals surface area contributed by atoms with Gasteiger partial charge in [-0.2, -0.15) is 0 Å². The maximum atomic E-state index is 13.7. The Kier molecular flexibility index (Phi) is 3.63. The van der Waals surface area contributed by atoms with E-state index in [2.05, 4.69) is 10.3 Å². The van der Waals surface area contributed by atoms with Crippen LogP contribution in [0.3, 0.4) is 0 Å². The van der Waals surface area contributed by atoms with Crippen LogP contribution >= 0.6 is 23.1 Å². The maximum absolute atomic E-state index is 13.7. The normalized spacial score (nSPS) is 18.6. The Morgan fingerprint density at radius 3 is 3.22 bits per heavy atom. The van der Waals surface area contributed by atoms with Crippen molar-refractivity contribution in [3.05, 3.63) is 46.2 Å². The molecule has 1 aliphatic rings. The lowest BCUT2D eigenvalue weighted by Gasteiger charge is -2.26. The van der Waals surface area contributed by atoms with E-state index in [1.807, 2.05) is 17.6 Å². The first-order valence-electron chi connectivity index (χ1n) is 5.87. The van der Waals surface area contributed by atoms with Crippen LogP contribution < -0.4 is 5.32 Å². The van der Waals surface area contributed by atoms with Crippen molar-refractivity contribution >= 4 is 23.1 Å². The Labute approximate surface area is 114 Å². The number of benzene rings is 1. The molecule has 1 aromatic heterocycles. The molecule has 3 rings (SSSR count). The van der Waals surface area contributed by atoms with Gasteiger partial charge >= 0.3 is 0 Å². The number of fused-ring (bicyclic) bond motifs is 1. The highest BCUT2D eigenvalue weighted by Crippen LogP contribution is 2.37. The topological polar surface area (TPSA) is 24.9 Å². The first kappa shape index (κ1) is 12.1. The van der Waals surface area contributed by atoms with Crippen LogP contribution in [0.2, 0.25) is 0 Å². The van der Waals surface area contributed by atoms with E-state index in [-0.39, 0.29) is 11.9 Å². The Morgan fingerprint density at radius 1 is 1.44 bits per heavy atom. The molecule has 5 heteroatoms. The highest BCUT2D eigenvalue weighted by atomic mass is 32.2. The lowest BCUT2D eigenvalue weighted by atomic mass is 10.0. The van der Waals surface area contributed by atoms with Gasteiger partial charge < -0.3 is 5.32 Å². The molecule has 1 N–H and O–H groups in total. The quantitative estimate of drug-likeness (QED) is 0.929. The number of aromatic nitrogens is 1. The van der Waals surface area contributed by atoms with Crippen LogP contribution in [0.4, 0.5) is 4.39 Å². The molecule has 1 aliphatic heterocycles. The van der Waals surface area contributed by atoms with E-state index < -0.39 is 0 Å². The zero-order chi connectivity index (χ0) is 12.4. The molecule has 94 valence electrons. The van der Waals surface area contributed by atoms with Crippen LogP contribution in [0.1, 0.15) is 23.0 Å². The van der Waals surface area contributed by atoms with Crippen LogP contribution in [0.25, 0.3) is 0 Å². The van der Waals surface area contributed by atoms with E-state index in [0.29, 0.717) is 0 Å². The summed E-state index contributed by atoms with van der Waals surface area (Å²) in [5.74, 6) is 0.863. The molecule has 0 fully saturated rings. The molecule has 1 unspecified atom stereocenters. The number of rotatable bonds is 3. The Bertz CT molecular complexity index is 528. The van der Waals surface area contributed by atoms with Gasteiger partial charge in [-0.1, -0.05) is 12.1 Å². The average molecular weight is 280 g/mol. The van der Waals surface area contributed by atoms with E-state index in [1.54, 1.807) is 29.2 Å². The first-order chi connectivity index (χ1) is 8.84. The minimum atomic E-state index is -0.0988. The van der Waals surface area contributed by atoms with Gasteiger partial charge in [-0.3, -0.25) is 0 Å². The summed E-state index contributed by atoms with van der Waals surface area (Å²) in [6.07, 6.45) is 2.85. The lowest BCUT2D eigenvalue weighted by Crippen LogP contribution is -2.24. The fourth-order valence-electron chi connectivity index (χ4n) is 2.15. The second-order valence-electron chi connectivity index (χ2n) is 4.15. The molecule has 1 aromatic carbocycles. The van der Waals surface area contributed by atoms with Crippen LogP contribution in [0.15, 0.2) is 34.7 Å². The maximum Gasteiger partial charge on any atom is 0.137 e. The van der Waals surface area contributed by atoms with E-state index in [0.717, 1.165) is 34.2 Å². The summed E-state index contributed by atoms with van der Waals surface area (Å²) in [6.45, 7) is 0.753. The number of nitrogens with zero attached hydrogens (tertiary/aromatic N) is 1. The summed E-state index contributed by atoms with van der Waals surface area (Å²) in [4.78, 5) is 5.06. The fourth-order valence-corrected chi connectivity index (χ4v) is 3.86. The Morgan fingerprint density at radius 2 is 2.39 bits per heavy atom. The van der Waals surface area contributed by atoms with E-state index in [9.17, 15) is 4.39 Å². The van der Waals surface area contributed by atoms with Crippen LogP contribution in [-0.2, 0) is 6.54 Å². The van der Waals surface area contributed by atoms with Gasteiger partial charge in [0.25, 0.3) is 0 Å². The zero-order valence-electron chi connectivity index (χ0n) is 9.73. The van der Waals surface area contributed by atoms with Gasteiger partial charge in [0.1, 0.15) is 10.8 Å². The first-order valence-corrected chi connectivity index (χ1v) is 7.74. The Hall–Kier alpha value is -0.910. The third-order valence-corrected chi connectivity index (χ3v) is 4.95. The van der Waals surface area contributed by atoms with Gasteiger partial charge in [0, 0.05) is 29.1 Å². The van der Waals surface area contributed by atoms with Crippen LogP contribution in [0.5, 0.6) is 0 Å². The molecule has 0 saturated carbocycles. The third kappa shape index (κ3) is 2.43. The van der Waals surface area contributed by atoms with Crippen molar-refractivity contribution in [2.24, 2.45) is 0 Å². The summed E-state index contributed by atoms with van der Waals surface area (Å²) < 4.78 is 13.7. The highest BCUT2D eigenvalue weighted by molar-refractivity contribution is 7.99. The molecule has 0 bridgehead atoms. The smallest absolute Gasteiger partial charge is 0.137 e. The number of nitrogens with one attached hydrogen (secondary N) is 1. The van der Waals surface area contributed by atoms with Gasteiger partial charge in [0.2, 0.25) is 0 Å². The molecule has 0 aliphatic carbocycles. The molecule has 2 heterocycles. The molecule has 0 radical (unpaired) electrons. The standard InChI is InChI=1S/C13H13FN2S2/c14-10-3-1-2-9-11(4-6-18-13(9)10)16-8-12-15-5-7-17-12/h1-3,5,7,11,16H,4,6,8H2. The molecule has 1 atom stereocenters. The van der Waals surface area contributed by atoms with E-state index in [4.69, 9.17) is 0 Å². The molecule has 18 heavy (non-hydrogen) atoms. The number of thiazole rings is 1. The minimum Gasteiger partial charge on any atom is -0.303 e. The van der Waals surface area contributed by atoms with Crippen molar-refractivity contribution < 1.29 is 4.39 Å². The van der Waals surface area contributed by atoms with Gasteiger partial charge in [-0.25, -0.2) is 9.37 Å². The van der Waals surface area contributed by atoms with Crippen LogP contribution in [-0.4, -0.2) is 10.7 Å². The molecule has 2 nitrogen and oxygen atoms in total. The molecule has 0 spiro atoms. The lowest BCUT2D eigenvalue weighted by molar-refractivity contribution is 0.496. The molecular weight excluding hydrogens is 267 g/mol. The van der Waals surface area contributed by atoms with Crippen LogP contribution in [0, 0.1) is 5.82 Å². The second kappa shape index (κ2) is 5.38.